The maximum absolute atomic E-state index is 12.3. The van der Waals surface area contributed by atoms with Crippen LogP contribution in [0.15, 0.2) is 18.2 Å². The van der Waals surface area contributed by atoms with Gasteiger partial charge in [0.2, 0.25) is 5.91 Å². The van der Waals surface area contributed by atoms with Gasteiger partial charge in [0.1, 0.15) is 0 Å². The van der Waals surface area contributed by atoms with E-state index in [4.69, 9.17) is 9.47 Å². The molecule has 1 aromatic rings. The van der Waals surface area contributed by atoms with Crippen molar-refractivity contribution < 1.29 is 14.3 Å². The standard InChI is InChI=1S/C17H26N2O3.ClH/c1-19(14-8-10-18-11-9-14)17(20)7-5-13-4-6-15(21-2)16(12-13)22-3;/h4,6,12,14,18H,5,7-11H2,1-3H3;1H. The van der Waals surface area contributed by atoms with E-state index in [1.165, 1.54) is 0 Å². The highest BCUT2D eigenvalue weighted by molar-refractivity contribution is 5.85. The largest absolute Gasteiger partial charge is 0.493 e. The molecule has 1 aromatic carbocycles. The van der Waals surface area contributed by atoms with Gasteiger partial charge in [-0.2, -0.15) is 0 Å². The van der Waals surface area contributed by atoms with Gasteiger partial charge in [0.05, 0.1) is 14.2 Å². The Hall–Kier alpha value is -1.46. The minimum absolute atomic E-state index is 0. The van der Waals surface area contributed by atoms with Gasteiger partial charge in [-0.3, -0.25) is 4.79 Å². The summed E-state index contributed by atoms with van der Waals surface area (Å²) in [6, 6.07) is 6.18. The molecular formula is C17H27ClN2O3. The zero-order valence-corrected chi connectivity index (χ0v) is 14.9. The summed E-state index contributed by atoms with van der Waals surface area (Å²) in [6.45, 7) is 2.00. The van der Waals surface area contributed by atoms with Crippen molar-refractivity contribution in [1.82, 2.24) is 10.2 Å². The molecule has 0 unspecified atom stereocenters. The third-order valence-corrected chi connectivity index (χ3v) is 4.33. The second-order valence-electron chi connectivity index (χ2n) is 5.68. The minimum atomic E-state index is 0. The molecule has 23 heavy (non-hydrogen) atoms. The molecule has 5 nitrogen and oxygen atoms in total. The van der Waals surface area contributed by atoms with Crippen LogP contribution in [0.3, 0.4) is 0 Å². The second-order valence-corrected chi connectivity index (χ2v) is 5.68. The quantitative estimate of drug-likeness (QED) is 0.861. The van der Waals surface area contributed by atoms with Crippen LogP contribution in [-0.2, 0) is 11.2 Å². The summed E-state index contributed by atoms with van der Waals surface area (Å²) in [5.41, 5.74) is 1.09. The average Bonchev–Trinajstić information content (AvgIpc) is 2.59. The van der Waals surface area contributed by atoms with Gasteiger partial charge in [-0.1, -0.05) is 6.07 Å². The second kappa shape index (κ2) is 9.63. The van der Waals surface area contributed by atoms with Gasteiger partial charge in [-0.05, 0) is 50.0 Å². The van der Waals surface area contributed by atoms with Crippen LogP contribution in [0.25, 0.3) is 0 Å². The van der Waals surface area contributed by atoms with Crippen LogP contribution in [0.1, 0.15) is 24.8 Å². The number of carbonyl (C=O) groups is 1. The van der Waals surface area contributed by atoms with Gasteiger partial charge in [-0.25, -0.2) is 0 Å². The minimum Gasteiger partial charge on any atom is -0.493 e. The third-order valence-electron chi connectivity index (χ3n) is 4.33. The van der Waals surface area contributed by atoms with Crippen molar-refractivity contribution >= 4 is 18.3 Å². The Bertz CT molecular complexity index is 505. The van der Waals surface area contributed by atoms with Crippen LogP contribution in [0.4, 0.5) is 0 Å². The van der Waals surface area contributed by atoms with E-state index >= 15 is 0 Å². The predicted octanol–water partition coefficient (Wildman–Crippen LogP) is 2.27. The monoisotopic (exact) mass is 342 g/mol. The molecule has 0 saturated carbocycles. The van der Waals surface area contributed by atoms with E-state index in [0.717, 1.165) is 31.5 Å². The van der Waals surface area contributed by atoms with Gasteiger partial charge in [-0.15, -0.1) is 12.4 Å². The summed E-state index contributed by atoms with van der Waals surface area (Å²) in [4.78, 5) is 14.3. The zero-order chi connectivity index (χ0) is 15.9. The van der Waals surface area contributed by atoms with E-state index in [1.807, 2.05) is 30.1 Å². The molecule has 0 bridgehead atoms. The van der Waals surface area contributed by atoms with E-state index in [2.05, 4.69) is 5.32 Å². The van der Waals surface area contributed by atoms with Gasteiger partial charge in [0, 0.05) is 19.5 Å². The van der Waals surface area contributed by atoms with Gasteiger partial charge >= 0.3 is 0 Å². The Kier molecular flexibility index (Phi) is 8.20. The van der Waals surface area contributed by atoms with E-state index in [1.54, 1.807) is 14.2 Å². The first-order valence-corrected chi connectivity index (χ1v) is 7.83. The molecular weight excluding hydrogens is 316 g/mol. The Morgan fingerprint density at radius 1 is 1.22 bits per heavy atom. The summed E-state index contributed by atoms with van der Waals surface area (Å²) in [6.07, 6.45) is 3.32. The number of piperidine rings is 1. The Morgan fingerprint density at radius 2 is 1.87 bits per heavy atom. The summed E-state index contributed by atoms with van der Waals surface area (Å²) >= 11 is 0. The lowest BCUT2D eigenvalue weighted by molar-refractivity contribution is -0.132. The van der Waals surface area contributed by atoms with Crippen LogP contribution in [0.2, 0.25) is 0 Å². The lowest BCUT2D eigenvalue weighted by Gasteiger charge is -2.31. The van der Waals surface area contributed by atoms with Crippen LogP contribution >= 0.6 is 12.4 Å². The first kappa shape index (κ1) is 19.6. The van der Waals surface area contributed by atoms with Crippen molar-refractivity contribution in [2.75, 3.05) is 34.4 Å². The average molecular weight is 343 g/mol. The summed E-state index contributed by atoms with van der Waals surface area (Å²) in [5, 5.41) is 3.33. The molecule has 1 amide bonds. The molecule has 0 spiro atoms. The van der Waals surface area contributed by atoms with Crippen molar-refractivity contribution in [3.63, 3.8) is 0 Å². The molecule has 130 valence electrons. The number of nitrogens with zero attached hydrogens (tertiary/aromatic N) is 1. The van der Waals surface area contributed by atoms with Crippen molar-refractivity contribution in [3.05, 3.63) is 23.8 Å². The van der Waals surface area contributed by atoms with E-state index in [9.17, 15) is 4.79 Å². The van der Waals surface area contributed by atoms with Crippen molar-refractivity contribution in [2.24, 2.45) is 0 Å². The maximum atomic E-state index is 12.3. The number of aryl methyl sites for hydroxylation is 1. The number of halogens is 1. The topological polar surface area (TPSA) is 50.8 Å². The number of hydrogen-bond acceptors (Lipinski definition) is 4. The molecule has 1 fully saturated rings. The highest BCUT2D eigenvalue weighted by Crippen LogP contribution is 2.28. The van der Waals surface area contributed by atoms with E-state index in [-0.39, 0.29) is 18.3 Å². The Labute approximate surface area is 144 Å². The lowest BCUT2D eigenvalue weighted by atomic mass is 10.0. The maximum Gasteiger partial charge on any atom is 0.222 e. The summed E-state index contributed by atoms with van der Waals surface area (Å²) in [7, 11) is 5.17. The summed E-state index contributed by atoms with van der Waals surface area (Å²) < 4.78 is 10.5. The van der Waals surface area contributed by atoms with Crippen LogP contribution in [0.5, 0.6) is 11.5 Å². The van der Waals surface area contributed by atoms with Crippen LogP contribution in [-0.4, -0.2) is 51.2 Å². The molecule has 0 atom stereocenters. The van der Waals surface area contributed by atoms with Gasteiger partial charge in [0.25, 0.3) is 0 Å². The molecule has 1 N–H and O–H groups in total. The number of nitrogens with one attached hydrogen (secondary N) is 1. The molecule has 1 saturated heterocycles. The number of methoxy groups -OCH3 is 2. The predicted molar refractivity (Wildman–Crippen MR) is 93.8 cm³/mol. The van der Waals surface area contributed by atoms with Crippen LogP contribution < -0.4 is 14.8 Å². The Morgan fingerprint density at radius 3 is 2.48 bits per heavy atom. The number of carbonyl (C=O) groups excluding carboxylic acids is 1. The van der Waals surface area contributed by atoms with Gasteiger partial charge in [0.15, 0.2) is 11.5 Å². The molecule has 2 rings (SSSR count). The highest BCUT2D eigenvalue weighted by atomic mass is 35.5. The molecule has 1 aliphatic rings. The summed E-state index contributed by atoms with van der Waals surface area (Å²) in [5.74, 6) is 1.63. The smallest absolute Gasteiger partial charge is 0.222 e. The molecule has 0 aromatic heterocycles. The van der Waals surface area contributed by atoms with Crippen molar-refractivity contribution in [3.8, 4) is 11.5 Å². The molecule has 1 heterocycles. The Balaban J connectivity index is 0.00000264. The SMILES string of the molecule is COc1ccc(CCC(=O)N(C)C2CCNCC2)cc1OC.Cl. The number of hydrogen-bond donors (Lipinski definition) is 1. The van der Waals surface area contributed by atoms with Crippen molar-refractivity contribution in [2.45, 2.75) is 31.7 Å². The van der Waals surface area contributed by atoms with Gasteiger partial charge < -0.3 is 19.7 Å². The third kappa shape index (κ3) is 5.29. The zero-order valence-electron chi connectivity index (χ0n) is 14.1. The number of rotatable bonds is 6. The fourth-order valence-electron chi connectivity index (χ4n) is 2.86. The lowest BCUT2D eigenvalue weighted by Crippen LogP contribution is -2.44. The molecule has 1 aliphatic heterocycles. The number of ether oxygens (including phenoxy) is 2. The molecule has 0 radical (unpaired) electrons. The normalized spacial score (nSPS) is 14.7. The van der Waals surface area contributed by atoms with Crippen LogP contribution in [0, 0.1) is 0 Å². The molecule has 6 heteroatoms. The highest BCUT2D eigenvalue weighted by Gasteiger charge is 2.21. The number of amides is 1. The first-order chi connectivity index (χ1) is 10.7. The van der Waals surface area contributed by atoms with Crippen molar-refractivity contribution in [1.29, 1.82) is 0 Å². The molecule has 0 aliphatic carbocycles. The first-order valence-electron chi connectivity index (χ1n) is 7.83. The van der Waals surface area contributed by atoms with E-state index in [0.29, 0.717) is 30.4 Å². The fourth-order valence-corrected chi connectivity index (χ4v) is 2.86. The fraction of sp³-hybridized carbons (Fsp3) is 0.588. The number of benzene rings is 1. The van der Waals surface area contributed by atoms with E-state index < -0.39 is 0 Å².